The highest BCUT2D eigenvalue weighted by Gasteiger charge is 2.43. The zero-order chi connectivity index (χ0) is 18.0. The number of ether oxygens (including phenoxy) is 1. The molecule has 3 rings (SSSR count). The van der Waals surface area contributed by atoms with Gasteiger partial charge in [0.1, 0.15) is 17.4 Å². The Labute approximate surface area is 154 Å². The lowest BCUT2D eigenvalue weighted by molar-refractivity contribution is 0.251. The number of anilines is 1. The largest absolute Gasteiger partial charge is 0.492 e. The third-order valence-corrected chi connectivity index (χ3v) is 4.45. The van der Waals surface area contributed by atoms with Crippen molar-refractivity contribution in [3.8, 4) is 5.75 Å². The molecule has 8 heteroatoms. The van der Waals surface area contributed by atoms with Crippen molar-refractivity contribution in [3.05, 3.63) is 51.9 Å². The molecule has 0 aliphatic heterocycles. The van der Waals surface area contributed by atoms with E-state index in [4.69, 9.17) is 27.9 Å². The minimum Gasteiger partial charge on any atom is -0.492 e. The molecule has 132 valence electrons. The van der Waals surface area contributed by atoms with Crippen LogP contribution < -0.4 is 15.4 Å². The van der Waals surface area contributed by atoms with Gasteiger partial charge in [-0.15, -0.1) is 0 Å². The SMILES string of the molecule is CCOc1ccc(F)c(C2CC2NC(=O)Nc2ccc(Cl)cn2)c1Cl. The van der Waals surface area contributed by atoms with Crippen molar-refractivity contribution in [2.75, 3.05) is 11.9 Å². The molecule has 0 bridgehead atoms. The van der Waals surface area contributed by atoms with E-state index in [-0.39, 0.29) is 17.0 Å². The van der Waals surface area contributed by atoms with Crippen LogP contribution in [-0.4, -0.2) is 23.7 Å². The van der Waals surface area contributed by atoms with Gasteiger partial charge in [0.25, 0.3) is 0 Å². The first-order valence-electron chi connectivity index (χ1n) is 7.79. The first-order valence-corrected chi connectivity index (χ1v) is 8.55. The first-order chi connectivity index (χ1) is 12.0. The van der Waals surface area contributed by atoms with Crippen LogP contribution in [0.2, 0.25) is 10.0 Å². The molecule has 5 nitrogen and oxygen atoms in total. The van der Waals surface area contributed by atoms with Crippen molar-refractivity contribution >= 4 is 35.1 Å². The van der Waals surface area contributed by atoms with Gasteiger partial charge in [-0.3, -0.25) is 5.32 Å². The van der Waals surface area contributed by atoms with E-state index < -0.39 is 11.8 Å². The highest BCUT2D eigenvalue weighted by Crippen LogP contribution is 2.47. The van der Waals surface area contributed by atoms with Crippen molar-refractivity contribution in [2.45, 2.75) is 25.3 Å². The Hall–Kier alpha value is -2.05. The van der Waals surface area contributed by atoms with E-state index in [0.29, 0.717) is 35.2 Å². The summed E-state index contributed by atoms with van der Waals surface area (Å²) < 4.78 is 19.6. The number of aromatic nitrogens is 1. The van der Waals surface area contributed by atoms with Crippen LogP contribution in [0.25, 0.3) is 0 Å². The van der Waals surface area contributed by atoms with Crippen LogP contribution in [-0.2, 0) is 0 Å². The van der Waals surface area contributed by atoms with Crippen LogP contribution in [0, 0.1) is 5.82 Å². The fourth-order valence-electron chi connectivity index (χ4n) is 2.60. The summed E-state index contributed by atoms with van der Waals surface area (Å²) in [5.74, 6) is 0.238. The zero-order valence-electron chi connectivity index (χ0n) is 13.4. The van der Waals surface area contributed by atoms with E-state index >= 15 is 0 Å². The van der Waals surface area contributed by atoms with Gasteiger partial charge < -0.3 is 10.1 Å². The summed E-state index contributed by atoms with van der Waals surface area (Å²) in [5.41, 5.74) is 0.377. The molecule has 1 fully saturated rings. The number of amides is 2. The number of hydrogen-bond acceptors (Lipinski definition) is 3. The molecular formula is C17H16Cl2FN3O2. The molecule has 0 radical (unpaired) electrons. The maximum Gasteiger partial charge on any atom is 0.320 e. The fourth-order valence-corrected chi connectivity index (χ4v) is 3.06. The summed E-state index contributed by atoms with van der Waals surface area (Å²) in [6, 6.07) is 5.44. The molecule has 2 amide bonds. The lowest BCUT2D eigenvalue weighted by Crippen LogP contribution is -2.31. The van der Waals surface area contributed by atoms with E-state index in [2.05, 4.69) is 15.6 Å². The summed E-state index contributed by atoms with van der Waals surface area (Å²) in [5, 5.41) is 6.12. The van der Waals surface area contributed by atoms with Gasteiger partial charge in [0, 0.05) is 23.7 Å². The van der Waals surface area contributed by atoms with E-state index in [1.54, 1.807) is 12.1 Å². The first kappa shape index (κ1) is 17.8. The van der Waals surface area contributed by atoms with Crippen molar-refractivity contribution in [3.63, 3.8) is 0 Å². The lowest BCUT2D eigenvalue weighted by atomic mass is 10.1. The Kier molecular flexibility index (Phi) is 5.30. The summed E-state index contributed by atoms with van der Waals surface area (Å²) in [7, 11) is 0. The predicted molar refractivity (Wildman–Crippen MR) is 95.1 cm³/mol. The van der Waals surface area contributed by atoms with Crippen LogP contribution in [0.3, 0.4) is 0 Å². The molecular weight excluding hydrogens is 368 g/mol. The second kappa shape index (κ2) is 7.45. The topological polar surface area (TPSA) is 63.2 Å². The number of hydrogen-bond donors (Lipinski definition) is 2. The van der Waals surface area contributed by atoms with Crippen LogP contribution >= 0.6 is 23.2 Å². The van der Waals surface area contributed by atoms with Gasteiger partial charge >= 0.3 is 6.03 Å². The number of urea groups is 1. The lowest BCUT2D eigenvalue weighted by Gasteiger charge is -2.12. The number of rotatable bonds is 5. The number of nitrogens with one attached hydrogen (secondary N) is 2. The Balaban J connectivity index is 1.64. The third-order valence-electron chi connectivity index (χ3n) is 3.84. The normalized spacial score (nSPS) is 18.6. The highest BCUT2D eigenvalue weighted by molar-refractivity contribution is 6.33. The van der Waals surface area contributed by atoms with Crippen molar-refractivity contribution in [2.24, 2.45) is 0 Å². The molecule has 1 aromatic carbocycles. The van der Waals surface area contributed by atoms with Gasteiger partial charge in [0.2, 0.25) is 0 Å². The number of halogens is 3. The smallest absolute Gasteiger partial charge is 0.320 e. The van der Waals surface area contributed by atoms with Crippen molar-refractivity contribution in [1.29, 1.82) is 0 Å². The molecule has 2 atom stereocenters. The Morgan fingerprint density at radius 1 is 1.36 bits per heavy atom. The molecule has 1 aliphatic rings. The van der Waals surface area contributed by atoms with E-state index in [1.165, 1.54) is 18.3 Å². The molecule has 1 aliphatic carbocycles. The van der Waals surface area contributed by atoms with Gasteiger partial charge in [-0.1, -0.05) is 23.2 Å². The summed E-state index contributed by atoms with van der Waals surface area (Å²) >= 11 is 12.0. The average Bonchev–Trinajstić information content (AvgIpc) is 3.31. The molecule has 0 saturated heterocycles. The van der Waals surface area contributed by atoms with Gasteiger partial charge in [-0.05, 0) is 37.6 Å². The molecule has 2 aromatic rings. The molecule has 2 N–H and O–H groups in total. The van der Waals surface area contributed by atoms with Gasteiger partial charge in [0.15, 0.2) is 0 Å². The number of carbonyl (C=O) groups is 1. The van der Waals surface area contributed by atoms with Gasteiger partial charge in [-0.25, -0.2) is 14.2 Å². The Bertz CT molecular complexity index is 786. The van der Waals surface area contributed by atoms with E-state index in [0.717, 1.165) is 0 Å². The number of benzene rings is 1. The Morgan fingerprint density at radius 2 is 2.16 bits per heavy atom. The van der Waals surface area contributed by atoms with Gasteiger partial charge in [0.05, 0.1) is 16.7 Å². The second-order valence-corrected chi connectivity index (χ2v) is 6.43. The maximum absolute atomic E-state index is 14.2. The number of carbonyl (C=O) groups excluding carboxylic acids is 1. The molecule has 25 heavy (non-hydrogen) atoms. The Morgan fingerprint density at radius 3 is 2.84 bits per heavy atom. The van der Waals surface area contributed by atoms with E-state index in [9.17, 15) is 9.18 Å². The maximum atomic E-state index is 14.2. The van der Waals surface area contributed by atoms with Crippen molar-refractivity contribution < 1.29 is 13.9 Å². The van der Waals surface area contributed by atoms with Crippen LogP contribution in [0.15, 0.2) is 30.5 Å². The number of pyridine rings is 1. The quantitative estimate of drug-likeness (QED) is 0.792. The molecule has 0 spiro atoms. The van der Waals surface area contributed by atoms with Crippen LogP contribution in [0.1, 0.15) is 24.8 Å². The minimum absolute atomic E-state index is 0.183. The molecule has 1 heterocycles. The summed E-state index contributed by atoms with van der Waals surface area (Å²) in [6.45, 7) is 2.27. The number of nitrogens with zero attached hydrogens (tertiary/aromatic N) is 1. The fraction of sp³-hybridized carbons (Fsp3) is 0.294. The summed E-state index contributed by atoms with van der Waals surface area (Å²) in [4.78, 5) is 16.0. The molecule has 1 saturated carbocycles. The van der Waals surface area contributed by atoms with Gasteiger partial charge in [-0.2, -0.15) is 0 Å². The van der Waals surface area contributed by atoms with Crippen molar-refractivity contribution in [1.82, 2.24) is 10.3 Å². The highest BCUT2D eigenvalue weighted by atomic mass is 35.5. The molecule has 1 aromatic heterocycles. The predicted octanol–water partition coefficient (Wildman–Crippen LogP) is 4.60. The molecule has 2 unspecified atom stereocenters. The van der Waals surface area contributed by atoms with E-state index in [1.807, 2.05) is 6.92 Å². The summed E-state index contributed by atoms with van der Waals surface area (Å²) in [6.07, 6.45) is 2.04. The zero-order valence-corrected chi connectivity index (χ0v) is 14.9. The standard InChI is InChI=1S/C17H16Cl2FN3O2/c1-2-25-13-5-4-11(20)15(16(13)19)10-7-12(10)22-17(24)23-14-6-3-9(18)8-21-14/h3-6,8,10,12H,2,7H2,1H3,(H2,21,22,23,24). The average molecular weight is 384 g/mol. The van der Waals surface area contributed by atoms with Crippen LogP contribution in [0.5, 0.6) is 5.75 Å². The van der Waals surface area contributed by atoms with Crippen LogP contribution in [0.4, 0.5) is 15.0 Å². The minimum atomic E-state index is -0.417. The monoisotopic (exact) mass is 383 g/mol. The third kappa shape index (κ3) is 4.14. The second-order valence-electron chi connectivity index (χ2n) is 5.61.